The van der Waals surface area contributed by atoms with Crippen LogP contribution in [0.3, 0.4) is 0 Å². The molecule has 7 nitrogen and oxygen atoms in total. The molecule has 0 aromatic heterocycles. The Labute approximate surface area is 234 Å². The van der Waals surface area contributed by atoms with Crippen molar-refractivity contribution in [2.75, 3.05) is 31.6 Å². The van der Waals surface area contributed by atoms with Crippen LogP contribution in [-0.4, -0.2) is 81.5 Å². The van der Waals surface area contributed by atoms with Crippen LogP contribution in [0.4, 0.5) is 5.69 Å². The summed E-state index contributed by atoms with van der Waals surface area (Å²) in [5.74, 6) is -1.75. The average Bonchev–Trinajstić information content (AvgIpc) is 3.47. The van der Waals surface area contributed by atoms with Gasteiger partial charge in [-0.15, -0.1) is 24.9 Å². The van der Waals surface area contributed by atoms with Crippen molar-refractivity contribution in [3.05, 3.63) is 54.6 Å². The highest BCUT2D eigenvalue weighted by Gasteiger charge is 2.77. The molecule has 1 aromatic rings. The molecule has 1 aromatic carbocycles. The van der Waals surface area contributed by atoms with Gasteiger partial charge in [-0.2, -0.15) is 0 Å². The molecule has 3 aliphatic heterocycles. The molecule has 1 N–H and O–H groups in total. The van der Waals surface area contributed by atoms with Gasteiger partial charge in [0.05, 0.1) is 29.2 Å². The van der Waals surface area contributed by atoms with Crippen molar-refractivity contribution in [3.8, 4) is 0 Å². The van der Waals surface area contributed by atoms with Crippen molar-refractivity contribution in [2.24, 2.45) is 23.7 Å². The zero-order valence-electron chi connectivity index (χ0n) is 22.5. The average molecular weight is 560 g/mol. The summed E-state index contributed by atoms with van der Waals surface area (Å²) in [6.45, 7) is 14.0. The zero-order valence-corrected chi connectivity index (χ0v) is 24.1. The lowest BCUT2D eigenvalue weighted by Crippen LogP contribution is -2.60. The molecule has 3 saturated heterocycles. The molecular formula is C29H38ClN3O4S. The van der Waals surface area contributed by atoms with E-state index in [0.29, 0.717) is 17.3 Å². The van der Waals surface area contributed by atoms with Gasteiger partial charge in [0.25, 0.3) is 5.91 Å². The van der Waals surface area contributed by atoms with Crippen LogP contribution in [0.5, 0.6) is 0 Å². The minimum absolute atomic E-state index is 0.0291. The maximum Gasteiger partial charge on any atom is 0.251 e. The number of aliphatic hydroxyl groups excluding tert-OH is 1. The molecule has 3 unspecified atom stereocenters. The SMILES string of the molecule is C=CCN(C)C(=O)[C@@H]1[C@@H]2CC(C)C3(S2)C(C(=O)N(CC=C)c2ccc(Cl)cc2)N([C@@H](CO)C(C)C)C(=O)[C@H]13. The van der Waals surface area contributed by atoms with Crippen LogP contribution in [0.15, 0.2) is 49.6 Å². The van der Waals surface area contributed by atoms with E-state index in [1.165, 1.54) is 0 Å². The van der Waals surface area contributed by atoms with E-state index in [9.17, 15) is 19.5 Å². The van der Waals surface area contributed by atoms with Crippen molar-refractivity contribution < 1.29 is 19.5 Å². The third kappa shape index (κ3) is 4.38. The molecule has 38 heavy (non-hydrogen) atoms. The van der Waals surface area contributed by atoms with Gasteiger partial charge in [-0.3, -0.25) is 14.4 Å². The van der Waals surface area contributed by atoms with Gasteiger partial charge >= 0.3 is 0 Å². The molecule has 206 valence electrons. The Morgan fingerprint density at radius 3 is 2.39 bits per heavy atom. The highest BCUT2D eigenvalue weighted by atomic mass is 35.5. The first-order chi connectivity index (χ1) is 18.0. The van der Waals surface area contributed by atoms with Crippen LogP contribution in [-0.2, 0) is 14.4 Å². The number of thioether (sulfide) groups is 1. The minimum atomic E-state index is -0.831. The van der Waals surface area contributed by atoms with Crippen LogP contribution in [0.25, 0.3) is 0 Å². The molecule has 0 saturated carbocycles. The fourth-order valence-corrected chi connectivity index (χ4v) is 9.28. The van der Waals surface area contributed by atoms with Crippen molar-refractivity contribution in [3.63, 3.8) is 0 Å². The number of carbonyl (C=O) groups excluding carboxylic acids is 3. The number of fused-ring (bicyclic) bond motifs is 1. The second-order valence-corrected chi connectivity index (χ2v) is 13.0. The smallest absolute Gasteiger partial charge is 0.251 e. The van der Waals surface area contributed by atoms with Crippen molar-refractivity contribution in [1.82, 2.24) is 9.80 Å². The summed E-state index contributed by atoms with van der Waals surface area (Å²) in [6.07, 6.45) is 4.08. The summed E-state index contributed by atoms with van der Waals surface area (Å²) in [5, 5.41) is 11.0. The van der Waals surface area contributed by atoms with E-state index in [1.807, 2.05) is 13.8 Å². The van der Waals surface area contributed by atoms with E-state index in [0.717, 1.165) is 6.42 Å². The van der Waals surface area contributed by atoms with Crippen LogP contribution in [0.2, 0.25) is 5.02 Å². The number of benzene rings is 1. The molecule has 3 aliphatic rings. The standard InChI is InChI=1S/C29H38ClN3O4S/c1-7-13-31(6)26(35)23-22-15-18(5)29(38-22)24(23)27(36)33(21(16-34)17(3)4)25(29)28(37)32(14-8-2)20-11-9-19(30)10-12-20/h7-12,17-18,21-25,34H,1-2,13-16H2,3-6H3/t18?,21-,22-,23+,24-,25?,29?/m0/s1. The van der Waals surface area contributed by atoms with Crippen molar-refractivity contribution in [1.29, 1.82) is 0 Å². The molecule has 0 radical (unpaired) electrons. The van der Waals surface area contributed by atoms with Gasteiger partial charge in [-0.25, -0.2) is 0 Å². The minimum Gasteiger partial charge on any atom is -0.394 e. The predicted octanol–water partition coefficient (Wildman–Crippen LogP) is 3.86. The molecule has 1 spiro atoms. The Morgan fingerprint density at radius 1 is 1.21 bits per heavy atom. The summed E-state index contributed by atoms with van der Waals surface area (Å²) >= 11 is 7.76. The quantitative estimate of drug-likeness (QED) is 0.440. The molecule has 0 aliphatic carbocycles. The molecular weight excluding hydrogens is 522 g/mol. The number of aliphatic hydroxyl groups is 1. The summed E-state index contributed by atoms with van der Waals surface area (Å²) < 4.78 is -0.775. The lowest BCUT2D eigenvalue weighted by molar-refractivity contribution is -0.145. The van der Waals surface area contributed by atoms with Gasteiger partial charge in [0.15, 0.2) is 0 Å². The topological polar surface area (TPSA) is 81.2 Å². The number of hydrogen-bond donors (Lipinski definition) is 1. The number of likely N-dealkylation sites (N-methyl/N-ethyl adjacent to an activating group) is 1. The Balaban J connectivity index is 1.86. The third-order valence-corrected chi connectivity index (χ3v) is 10.8. The molecule has 3 heterocycles. The maximum atomic E-state index is 14.7. The second kappa shape index (κ2) is 11.1. The number of halogens is 1. The van der Waals surface area contributed by atoms with Gasteiger partial charge in [0, 0.05) is 36.1 Å². The third-order valence-electron chi connectivity index (χ3n) is 8.51. The molecule has 2 bridgehead atoms. The van der Waals surface area contributed by atoms with Crippen LogP contribution in [0, 0.1) is 23.7 Å². The van der Waals surface area contributed by atoms with Gasteiger partial charge in [0.2, 0.25) is 11.8 Å². The summed E-state index contributed by atoms with van der Waals surface area (Å²) in [5.41, 5.74) is 0.653. The van der Waals surface area contributed by atoms with Gasteiger partial charge in [-0.1, -0.05) is 44.5 Å². The lowest BCUT2D eigenvalue weighted by Gasteiger charge is -2.42. The Bertz CT molecular complexity index is 1110. The molecule has 3 amide bonds. The molecule has 3 fully saturated rings. The number of rotatable bonds is 10. The highest BCUT2D eigenvalue weighted by Crippen LogP contribution is 2.69. The van der Waals surface area contributed by atoms with E-state index in [1.54, 1.807) is 69.9 Å². The summed E-state index contributed by atoms with van der Waals surface area (Å²) in [6, 6.07) is 5.64. The fourth-order valence-electron chi connectivity index (χ4n) is 6.76. The van der Waals surface area contributed by atoms with E-state index in [2.05, 4.69) is 20.1 Å². The molecule has 7 atom stereocenters. The highest BCUT2D eigenvalue weighted by molar-refractivity contribution is 8.02. The van der Waals surface area contributed by atoms with Crippen molar-refractivity contribution in [2.45, 2.75) is 49.3 Å². The Morgan fingerprint density at radius 2 is 1.84 bits per heavy atom. The Kier molecular flexibility index (Phi) is 8.36. The summed E-state index contributed by atoms with van der Waals surface area (Å²) in [7, 11) is 1.73. The maximum absolute atomic E-state index is 14.7. The first kappa shape index (κ1) is 28.7. The second-order valence-electron chi connectivity index (χ2n) is 11.0. The molecule has 9 heteroatoms. The number of likely N-dealkylation sites (tertiary alicyclic amines) is 1. The summed E-state index contributed by atoms with van der Waals surface area (Å²) in [4.78, 5) is 47.6. The van der Waals surface area contributed by atoms with Crippen LogP contribution < -0.4 is 4.90 Å². The van der Waals surface area contributed by atoms with E-state index >= 15 is 0 Å². The first-order valence-corrected chi connectivity index (χ1v) is 14.4. The van der Waals surface area contributed by atoms with E-state index in [-0.39, 0.29) is 48.0 Å². The van der Waals surface area contributed by atoms with Crippen LogP contribution >= 0.6 is 23.4 Å². The van der Waals surface area contributed by atoms with Gasteiger partial charge in [-0.05, 0) is 42.5 Å². The van der Waals surface area contributed by atoms with Crippen LogP contribution in [0.1, 0.15) is 27.2 Å². The number of hydrogen-bond acceptors (Lipinski definition) is 5. The normalized spacial score (nSPS) is 30.3. The van der Waals surface area contributed by atoms with Gasteiger partial charge < -0.3 is 19.8 Å². The monoisotopic (exact) mass is 559 g/mol. The fraction of sp³-hybridized carbons (Fsp3) is 0.552. The van der Waals surface area contributed by atoms with Crippen molar-refractivity contribution >= 4 is 46.8 Å². The number of nitrogens with zero attached hydrogens (tertiary/aromatic N) is 3. The predicted molar refractivity (Wildman–Crippen MR) is 153 cm³/mol. The largest absolute Gasteiger partial charge is 0.394 e. The first-order valence-electron chi connectivity index (χ1n) is 13.2. The number of amides is 3. The Hall–Kier alpha value is -2.29. The zero-order chi connectivity index (χ0) is 27.9. The van der Waals surface area contributed by atoms with E-state index in [4.69, 9.17) is 11.6 Å². The number of carbonyl (C=O) groups is 3. The lowest BCUT2D eigenvalue weighted by atomic mass is 9.65. The number of anilines is 1. The van der Waals surface area contributed by atoms with E-state index < -0.39 is 28.7 Å². The van der Waals surface area contributed by atoms with Gasteiger partial charge in [0.1, 0.15) is 6.04 Å². The molecule has 4 rings (SSSR count).